The van der Waals surface area contributed by atoms with E-state index in [0.717, 1.165) is 71.0 Å². The van der Waals surface area contributed by atoms with Crippen molar-refractivity contribution in [3.8, 4) is 5.75 Å². The standard InChI is InChI=1S/C23H30N2O3/c1-28-20-13-17-5-2-4-16(17)12-19(20)22(27)24-11-3-9-23(14-24)10-8-21(26)25(15-23)18-6-7-18/h12-13,18H,2-11,14-15H2,1H3. The highest BCUT2D eigenvalue weighted by Gasteiger charge is 2.46. The third kappa shape index (κ3) is 3.09. The van der Waals surface area contributed by atoms with E-state index in [2.05, 4.69) is 17.0 Å². The SMILES string of the molecule is COc1cc2c(cc1C(=O)N1CCCC3(CCC(=O)N(C4CC4)C3)C1)CCC2. The normalized spacial score (nSPS) is 27.2. The summed E-state index contributed by atoms with van der Waals surface area (Å²) in [6.45, 7) is 2.41. The number of benzene rings is 1. The zero-order valence-corrected chi connectivity index (χ0v) is 16.8. The van der Waals surface area contributed by atoms with Crippen LogP contribution in [0.5, 0.6) is 5.75 Å². The van der Waals surface area contributed by atoms with Crippen molar-refractivity contribution in [2.45, 2.75) is 63.8 Å². The molecule has 0 bridgehead atoms. The molecule has 1 saturated carbocycles. The number of rotatable bonds is 3. The predicted octanol–water partition coefficient (Wildman–Crippen LogP) is 3.19. The molecule has 5 heteroatoms. The summed E-state index contributed by atoms with van der Waals surface area (Å²) in [4.78, 5) is 30.0. The number of piperidine rings is 2. The fraction of sp³-hybridized carbons (Fsp3) is 0.652. The van der Waals surface area contributed by atoms with E-state index in [0.29, 0.717) is 29.7 Å². The molecule has 2 heterocycles. The van der Waals surface area contributed by atoms with E-state index in [1.54, 1.807) is 7.11 Å². The molecule has 2 amide bonds. The molecule has 150 valence electrons. The highest BCUT2D eigenvalue weighted by molar-refractivity contribution is 5.97. The van der Waals surface area contributed by atoms with Crippen LogP contribution in [-0.2, 0) is 17.6 Å². The summed E-state index contributed by atoms with van der Waals surface area (Å²) in [7, 11) is 1.66. The molecule has 1 aromatic carbocycles. The lowest BCUT2D eigenvalue weighted by Gasteiger charge is -2.48. The summed E-state index contributed by atoms with van der Waals surface area (Å²) in [5.41, 5.74) is 3.42. The average molecular weight is 383 g/mol. The Labute approximate surface area is 167 Å². The number of methoxy groups -OCH3 is 1. The molecule has 0 aromatic heterocycles. The maximum Gasteiger partial charge on any atom is 0.257 e. The van der Waals surface area contributed by atoms with Gasteiger partial charge in [-0.2, -0.15) is 0 Å². The van der Waals surface area contributed by atoms with Crippen LogP contribution in [0.3, 0.4) is 0 Å². The molecule has 5 nitrogen and oxygen atoms in total. The molecule has 28 heavy (non-hydrogen) atoms. The van der Waals surface area contributed by atoms with Crippen LogP contribution in [0.2, 0.25) is 0 Å². The molecule has 4 aliphatic rings. The van der Waals surface area contributed by atoms with Gasteiger partial charge in [-0.1, -0.05) is 0 Å². The lowest BCUT2D eigenvalue weighted by atomic mass is 9.73. The first-order valence-electron chi connectivity index (χ1n) is 10.9. The van der Waals surface area contributed by atoms with E-state index in [4.69, 9.17) is 4.74 Å². The molecule has 5 rings (SSSR count). The molecule has 0 N–H and O–H groups in total. The summed E-state index contributed by atoms with van der Waals surface area (Å²) in [6.07, 6.45) is 9.29. The lowest BCUT2D eigenvalue weighted by Crippen LogP contribution is -2.55. The van der Waals surface area contributed by atoms with Gasteiger partial charge in [-0.15, -0.1) is 0 Å². The first kappa shape index (κ1) is 18.0. The van der Waals surface area contributed by atoms with Crippen LogP contribution in [0.4, 0.5) is 0 Å². The molecule has 1 spiro atoms. The minimum atomic E-state index is 0.0778. The Kier molecular flexibility index (Phi) is 4.37. The van der Waals surface area contributed by atoms with Crippen molar-refractivity contribution in [3.63, 3.8) is 0 Å². The number of carbonyl (C=O) groups excluding carboxylic acids is 2. The van der Waals surface area contributed by atoms with Crippen LogP contribution < -0.4 is 4.74 Å². The third-order valence-corrected chi connectivity index (χ3v) is 7.28. The van der Waals surface area contributed by atoms with E-state index >= 15 is 0 Å². The van der Waals surface area contributed by atoms with Crippen LogP contribution in [-0.4, -0.2) is 54.4 Å². The first-order valence-corrected chi connectivity index (χ1v) is 10.9. The average Bonchev–Trinajstić information content (AvgIpc) is 3.46. The van der Waals surface area contributed by atoms with Crippen LogP contribution in [0, 0.1) is 5.41 Å². The topological polar surface area (TPSA) is 49.9 Å². The number of hydrogen-bond acceptors (Lipinski definition) is 3. The number of amides is 2. The molecule has 1 aromatic rings. The summed E-state index contributed by atoms with van der Waals surface area (Å²) in [5, 5.41) is 0. The fourth-order valence-electron chi connectivity index (χ4n) is 5.59. The number of likely N-dealkylation sites (tertiary alicyclic amines) is 2. The van der Waals surface area contributed by atoms with Crippen molar-refractivity contribution in [2.75, 3.05) is 26.7 Å². The van der Waals surface area contributed by atoms with Gasteiger partial charge < -0.3 is 14.5 Å². The number of fused-ring (bicyclic) bond motifs is 1. The highest BCUT2D eigenvalue weighted by Crippen LogP contribution is 2.43. The van der Waals surface area contributed by atoms with Gasteiger partial charge in [0.15, 0.2) is 0 Å². The Balaban J connectivity index is 1.38. The minimum Gasteiger partial charge on any atom is -0.496 e. The van der Waals surface area contributed by atoms with E-state index in [-0.39, 0.29) is 11.3 Å². The van der Waals surface area contributed by atoms with Crippen molar-refractivity contribution in [1.82, 2.24) is 9.80 Å². The van der Waals surface area contributed by atoms with Crippen LogP contribution >= 0.6 is 0 Å². The van der Waals surface area contributed by atoms with Gasteiger partial charge in [0.05, 0.1) is 12.7 Å². The Bertz CT molecular complexity index is 816. The van der Waals surface area contributed by atoms with Crippen molar-refractivity contribution < 1.29 is 14.3 Å². The summed E-state index contributed by atoms with van der Waals surface area (Å²) >= 11 is 0. The lowest BCUT2D eigenvalue weighted by molar-refractivity contribution is -0.139. The molecule has 1 atom stereocenters. The fourth-order valence-corrected chi connectivity index (χ4v) is 5.59. The van der Waals surface area contributed by atoms with Crippen molar-refractivity contribution >= 4 is 11.8 Å². The zero-order valence-electron chi connectivity index (χ0n) is 16.8. The van der Waals surface area contributed by atoms with Gasteiger partial charge in [-0.25, -0.2) is 0 Å². The van der Waals surface area contributed by atoms with Crippen molar-refractivity contribution in [1.29, 1.82) is 0 Å². The van der Waals surface area contributed by atoms with E-state index < -0.39 is 0 Å². The van der Waals surface area contributed by atoms with Gasteiger partial charge >= 0.3 is 0 Å². The number of nitrogens with zero attached hydrogens (tertiary/aromatic N) is 2. The molecular weight excluding hydrogens is 352 g/mol. The predicted molar refractivity (Wildman–Crippen MR) is 107 cm³/mol. The molecular formula is C23H30N2O3. The van der Waals surface area contributed by atoms with Gasteiger partial charge in [-0.3, -0.25) is 9.59 Å². The van der Waals surface area contributed by atoms with Crippen LogP contribution in [0.25, 0.3) is 0 Å². The van der Waals surface area contributed by atoms with Crippen LogP contribution in [0.15, 0.2) is 12.1 Å². The van der Waals surface area contributed by atoms with Gasteiger partial charge in [0.1, 0.15) is 5.75 Å². The summed E-state index contributed by atoms with van der Waals surface area (Å²) in [5.74, 6) is 1.13. The second-order valence-corrected chi connectivity index (χ2v) is 9.26. The largest absolute Gasteiger partial charge is 0.496 e. The van der Waals surface area contributed by atoms with Gasteiger partial charge in [0.25, 0.3) is 5.91 Å². The zero-order chi connectivity index (χ0) is 19.3. The van der Waals surface area contributed by atoms with Crippen LogP contribution in [0.1, 0.15) is 66.4 Å². The maximum atomic E-state index is 13.5. The molecule has 0 radical (unpaired) electrons. The molecule has 2 saturated heterocycles. The van der Waals surface area contributed by atoms with E-state index in [1.165, 1.54) is 11.1 Å². The maximum absolute atomic E-state index is 13.5. The number of ether oxygens (including phenoxy) is 1. The van der Waals surface area contributed by atoms with Gasteiger partial charge in [0.2, 0.25) is 5.91 Å². The number of hydrogen-bond donors (Lipinski definition) is 0. The monoisotopic (exact) mass is 382 g/mol. The second kappa shape index (κ2) is 6.78. The summed E-state index contributed by atoms with van der Waals surface area (Å²) in [6, 6.07) is 4.61. The molecule has 1 unspecified atom stereocenters. The summed E-state index contributed by atoms with van der Waals surface area (Å²) < 4.78 is 5.59. The Morgan fingerprint density at radius 1 is 1.07 bits per heavy atom. The number of carbonyl (C=O) groups is 2. The van der Waals surface area contributed by atoms with Crippen molar-refractivity contribution in [2.24, 2.45) is 5.41 Å². The highest BCUT2D eigenvalue weighted by atomic mass is 16.5. The molecule has 2 aliphatic carbocycles. The first-order chi connectivity index (χ1) is 13.6. The number of aryl methyl sites for hydroxylation is 2. The quantitative estimate of drug-likeness (QED) is 0.807. The second-order valence-electron chi connectivity index (χ2n) is 9.26. The Morgan fingerprint density at radius 2 is 1.86 bits per heavy atom. The van der Waals surface area contributed by atoms with Gasteiger partial charge in [0, 0.05) is 37.5 Å². The Hall–Kier alpha value is -2.04. The molecule has 2 aliphatic heterocycles. The van der Waals surface area contributed by atoms with Gasteiger partial charge in [-0.05, 0) is 74.6 Å². The smallest absolute Gasteiger partial charge is 0.257 e. The molecule has 3 fully saturated rings. The Morgan fingerprint density at radius 3 is 2.61 bits per heavy atom. The minimum absolute atomic E-state index is 0.0778. The van der Waals surface area contributed by atoms with E-state index in [1.807, 2.05) is 4.90 Å². The van der Waals surface area contributed by atoms with Crippen molar-refractivity contribution in [3.05, 3.63) is 28.8 Å². The van der Waals surface area contributed by atoms with E-state index in [9.17, 15) is 9.59 Å². The third-order valence-electron chi connectivity index (χ3n) is 7.28.